The first-order valence-electron chi connectivity index (χ1n) is 3.71. The normalized spacial score (nSPS) is 11.9. The maximum Gasteiger partial charge on any atom is 0.389 e. The molecule has 2 aromatic heterocycles. The van der Waals surface area contributed by atoms with Gasteiger partial charge in [0.15, 0.2) is 11.5 Å². The molecule has 9 heteroatoms. The fraction of sp³-hybridized carbons (Fsp3) is 0.167. The summed E-state index contributed by atoms with van der Waals surface area (Å²) in [6.45, 7) is 0. The number of H-pyrrole nitrogens is 1. The van der Waals surface area contributed by atoms with Crippen molar-refractivity contribution in [1.29, 1.82) is 0 Å². The zero-order chi connectivity index (χ0) is 10.9. The number of anilines is 1. The number of fused-ring (bicyclic) bond motifs is 1. The van der Waals surface area contributed by atoms with Crippen LogP contribution < -0.4 is 4.72 Å². The van der Waals surface area contributed by atoms with Crippen LogP contribution in [0.4, 0.5) is 14.6 Å². The molecule has 0 aliphatic carbocycles. The summed E-state index contributed by atoms with van der Waals surface area (Å²) in [4.78, 5) is 14.2. The lowest BCUT2D eigenvalue weighted by Gasteiger charge is -2.08. The third-order valence-electron chi connectivity index (χ3n) is 1.49. The van der Waals surface area contributed by atoms with Crippen molar-refractivity contribution in [2.24, 2.45) is 0 Å². The first-order valence-corrected chi connectivity index (χ1v) is 4.90. The van der Waals surface area contributed by atoms with Crippen LogP contribution in [-0.2, 0) is 0 Å². The van der Waals surface area contributed by atoms with Crippen molar-refractivity contribution in [1.82, 2.24) is 19.9 Å². The highest BCUT2D eigenvalue weighted by Gasteiger charge is 2.26. The summed E-state index contributed by atoms with van der Waals surface area (Å²) >= 11 is 4.76. The molecule has 0 fully saturated rings. The summed E-state index contributed by atoms with van der Waals surface area (Å²) in [5.74, 6) is 0.211. The van der Waals surface area contributed by atoms with Crippen LogP contribution in [-0.4, -0.2) is 24.6 Å². The molecular formula is C6H4ClF2N5S. The van der Waals surface area contributed by atoms with E-state index < -0.39 is 4.71 Å². The molecule has 0 bridgehead atoms. The Hall–Kier alpha value is -1.15. The Balaban J connectivity index is 2.24. The molecule has 0 unspecified atom stereocenters. The standard InChI is InChI=1S/C6H4ClF2N5S/c7-6(8,9)15-14-5-3-4(11-1-10-3)12-2-13-5/h1-2H,(H2,10,11,12,13,14). The topological polar surface area (TPSA) is 66.5 Å². The van der Waals surface area contributed by atoms with Crippen LogP contribution in [0.15, 0.2) is 12.7 Å². The second-order valence-corrected chi connectivity index (χ2v) is 4.09. The second-order valence-electron chi connectivity index (χ2n) is 2.47. The lowest BCUT2D eigenvalue weighted by atomic mass is 10.5. The minimum absolute atomic E-state index is 0.0490. The Kier molecular flexibility index (Phi) is 2.61. The molecule has 2 rings (SSSR count). The quantitative estimate of drug-likeness (QED) is 0.647. The average molecular weight is 252 g/mol. The van der Waals surface area contributed by atoms with Crippen molar-refractivity contribution < 1.29 is 8.78 Å². The van der Waals surface area contributed by atoms with Gasteiger partial charge in [0.2, 0.25) is 0 Å². The van der Waals surface area contributed by atoms with E-state index >= 15 is 0 Å². The van der Waals surface area contributed by atoms with Gasteiger partial charge in [-0.05, 0) is 11.6 Å². The summed E-state index contributed by atoms with van der Waals surface area (Å²) in [6, 6.07) is 0. The molecule has 0 saturated heterocycles. The molecule has 15 heavy (non-hydrogen) atoms. The van der Waals surface area contributed by atoms with E-state index in [1.54, 1.807) is 0 Å². The number of hydrogen-bond donors (Lipinski definition) is 2. The molecule has 0 radical (unpaired) electrons. The summed E-state index contributed by atoms with van der Waals surface area (Å²) in [5.41, 5.74) is 0.844. The number of hydrogen-bond acceptors (Lipinski definition) is 5. The molecule has 2 heterocycles. The fourth-order valence-corrected chi connectivity index (χ4v) is 1.43. The molecule has 80 valence electrons. The van der Waals surface area contributed by atoms with Crippen molar-refractivity contribution in [3.8, 4) is 0 Å². The Labute approximate surface area is 91.8 Å². The molecule has 0 aliphatic heterocycles. The maximum atomic E-state index is 12.3. The van der Waals surface area contributed by atoms with Gasteiger partial charge < -0.3 is 9.71 Å². The van der Waals surface area contributed by atoms with Gasteiger partial charge in [0.25, 0.3) is 0 Å². The molecule has 0 atom stereocenters. The van der Waals surface area contributed by atoms with Gasteiger partial charge in [-0.3, -0.25) is 0 Å². The number of nitrogens with zero attached hydrogens (tertiary/aromatic N) is 3. The smallest absolute Gasteiger partial charge is 0.340 e. The largest absolute Gasteiger partial charge is 0.389 e. The number of alkyl halides is 3. The van der Waals surface area contributed by atoms with Crippen molar-refractivity contribution in [2.45, 2.75) is 4.71 Å². The third-order valence-corrected chi connectivity index (χ3v) is 2.24. The first-order chi connectivity index (χ1) is 7.06. The van der Waals surface area contributed by atoms with Gasteiger partial charge in [0, 0.05) is 11.9 Å². The van der Waals surface area contributed by atoms with Gasteiger partial charge in [-0.2, -0.15) is 8.78 Å². The Morgan fingerprint density at radius 1 is 1.40 bits per heavy atom. The highest BCUT2D eigenvalue weighted by Crippen LogP contribution is 2.34. The Morgan fingerprint density at radius 2 is 2.20 bits per heavy atom. The monoisotopic (exact) mass is 251 g/mol. The average Bonchev–Trinajstić information content (AvgIpc) is 2.61. The molecule has 0 aliphatic rings. The van der Waals surface area contributed by atoms with Crippen LogP contribution in [0.1, 0.15) is 0 Å². The number of aromatic nitrogens is 4. The number of nitrogens with one attached hydrogen (secondary N) is 2. The number of halogens is 3. The SMILES string of the molecule is FC(F)(Cl)SNc1ncnc2nc[nH]c12. The van der Waals surface area contributed by atoms with E-state index in [-0.39, 0.29) is 17.8 Å². The van der Waals surface area contributed by atoms with E-state index in [9.17, 15) is 8.78 Å². The van der Waals surface area contributed by atoms with E-state index in [1.807, 2.05) is 0 Å². The van der Waals surface area contributed by atoms with Gasteiger partial charge in [0.1, 0.15) is 11.8 Å². The minimum atomic E-state index is -3.39. The summed E-state index contributed by atoms with van der Waals surface area (Å²) in [5, 5.41) is 0. The third kappa shape index (κ3) is 2.45. The Morgan fingerprint density at radius 3 is 2.93 bits per heavy atom. The fourth-order valence-electron chi connectivity index (χ4n) is 0.949. The van der Waals surface area contributed by atoms with Crippen molar-refractivity contribution in [3.05, 3.63) is 12.7 Å². The lowest BCUT2D eigenvalue weighted by molar-refractivity contribution is 0.203. The zero-order valence-electron chi connectivity index (χ0n) is 7.04. The molecular weight excluding hydrogens is 248 g/mol. The van der Waals surface area contributed by atoms with Gasteiger partial charge in [0.05, 0.1) is 6.33 Å². The van der Waals surface area contributed by atoms with E-state index in [1.165, 1.54) is 12.7 Å². The highest BCUT2D eigenvalue weighted by molar-refractivity contribution is 8.02. The lowest BCUT2D eigenvalue weighted by Crippen LogP contribution is -2.04. The zero-order valence-corrected chi connectivity index (χ0v) is 8.61. The van der Waals surface area contributed by atoms with Crippen molar-refractivity contribution in [2.75, 3.05) is 4.72 Å². The summed E-state index contributed by atoms with van der Waals surface area (Å²) in [7, 11) is 0. The van der Waals surface area contributed by atoms with Crippen LogP contribution in [0.5, 0.6) is 0 Å². The number of imidazole rings is 1. The van der Waals surface area contributed by atoms with E-state index in [4.69, 9.17) is 11.6 Å². The van der Waals surface area contributed by atoms with Crippen molar-refractivity contribution in [3.63, 3.8) is 0 Å². The van der Waals surface area contributed by atoms with Gasteiger partial charge >= 0.3 is 4.71 Å². The molecule has 0 amide bonds. The molecule has 2 aromatic rings. The predicted octanol–water partition coefficient (Wildman–Crippen LogP) is 2.20. The minimum Gasteiger partial charge on any atom is -0.340 e. The second kappa shape index (κ2) is 3.78. The summed E-state index contributed by atoms with van der Waals surface area (Å²) < 4.78 is 23.6. The molecule has 5 nitrogen and oxygen atoms in total. The molecule has 0 aromatic carbocycles. The van der Waals surface area contributed by atoms with Gasteiger partial charge in [-0.15, -0.1) is 0 Å². The predicted molar refractivity (Wildman–Crippen MR) is 53.7 cm³/mol. The summed E-state index contributed by atoms with van der Waals surface area (Å²) in [6.07, 6.45) is 2.62. The molecule has 2 N–H and O–H groups in total. The van der Waals surface area contributed by atoms with Crippen LogP contribution in [0, 0.1) is 0 Å². The highest BCUT2D eigenvalue weighted by atomic mass is 35.5. The molecule has 0 spiro atoms. The number of rotatable bonds is 3. The van der Waals surface area contributed by atoms with Crippen LogP contribution >= 0.6 is 23.5 Å². The maximum absolute atomic E-state index is 12.3. The molecule has 0 saturated carbocycles. The number of aromatic amines is 1. The van der Waals surface area contributed by atoms with E-state index in [0.717, 1.165) is 0 Å². The van der Waals surface area contributed by atoms with Gasteiger partial charge in [-0.1, -0.05) is 0 Å². The Bertz CT molecular complexity index is 470. The first kappa shape index (κ1) is 10.4. The van der Waals surface area contributed by atoms with Crippen LogP contribution in [0.25, 0.3) is 11.2 Å². The van der Waals surface area contributed by atoms with E-state index in [0.29, 0.717) is 11.2 Å². The van der Waals surface area contributed by atoms with Gasteiger partial charge in [-0.25, -0.2) is 15.0 Å². The van der Waals surface area contributed by atoms with Crippen LogP contribution in [0.3, 0.4) is 0 Å². The van der Waals surface area contributed by atoms with E-state index in [2.05, 4.69) is 24.7 Å². The van der Waals surface area contributed by atoms with Crippen LogP contribution in [0.2, 0.25) is 0 Å². The van der Waals surface area contributed by atoms with Crippen molar-refractivity contribution >= 4 is 40.5 Å².